The van der Waals surface area contributed by atoms with Crippen molar-refractivity contribution in [3.05, 3.63) is 52.6 Å². The van der Waals surface area contributed by atoms with Gasteiger partial charge in [0.2, 0.25) is 0 Å². The summed E-state index contributed by atoms with van der Waals surface area (Å²) in [6.45, 7) is 0.846. The minimum Gasteiger partial charge on any atom is -0.508 e. The number of thioether (sulfide) groups is 1. The number of hydrogen-bond donors (Lipinski definition) is 4. The molecule has 2 aromatic rings. The van der Waals surface area contributed by atoms with E-state index in [1.807, 2.05) is 12.1 Å². The molecular weight excluding hydrogens is 508 g/mol. The summed E-state index contributed by atoms with van der Waals surface area (Å²) in [4.78, 5) is 14.0. The second-order valence-electron chi connectivity index (χ2n) is 11.0. The number of benzene rings is 2. The summed E-state index contributed by atoms with van der Waals surface area (Å²) >= 11 is 1.10. The van der Waals surface area contributed by atoms with Crippen LogP contribution in [0, 0.1) is 0 Å². The molecule has 8 rings (SSSR count). The Morgan fingerprint density at radius 3 is 2.76 bits per heavy atom. The van der Waals surface area contributed by atoms with E-state index in [1.54, 1.807) is 20.3 Å². The molecule has 0 saturated carbocycles. The predicted molar refractivity (Wildman–Crippen MR) is 139 cm³/mol. The summed E-state index contributed by atoms with van der Waals surface area (Å²) in [5.74, 6) is 0.272. The zero-order valence-electron chi connectivity index (χ0n) is 21.4. The molecule has 6 atom stereocenters. The molecule has 4 aliphatic carbocycles. The molecule has 2 aliphatic heterocycles. The molecule has 1 saturated heterocycles. The maximum Gasteiger partial charge on any atom is 0.321 e. The summed E-state index contributed by atoms with van der Waals surface area (Å²) in [6, 6.07) is 4.51. The maximum absolute atomic E-state index is 11.8. The minimum absolute atomic E-state index is 0.00332. The van der Waals surface area contributed by atoms with E-state index in [2.05, 4.69) is 24.1 Å². The van der Waals surface area contributed by atoms with Gasteiger partial charge in [-0.3, -0.25) is 4.79 Å². The number of nitrogens with zero attached hydrogens (tertiary/aromatic N) is 1. The van der Waals surface area contributed by atoms with Crippen molar-refractivity contribution >= 4 is 17.7 Å². The van der Waals surface area contributed by atoms with Crippen molar-refractivity contribution in [2.45, 2.75) is 52.4 Å². The fraction of sp³-hybridized carbons (Fsp3) is 0.464. The van der Waals surface area contributed by atoms with Crippen molar-refractivity contribution in [3.8, 4) is 23.0 Å². The first-order valence-electron chi connectivity index (χ1n) is 12.7. The lowest BCUT2D eigenvalue weighted by Crippen LogP contribution is -2.77. The van der Waals surface area contributed by atoms with Gasteiger partial charge < -0.3 is 40.2 Å². The number of methoxy groups -OCH3 is 2. The van der Waals surface area contributed by atoms with Gasteiger partial charge in [-0.05, 0) is 50.2 Å². The average Bonchev–Trinajstić information content (AvgIpc) is 3.28. The van der Waals surface area contributed by atoms with Crippen LogP contribution < -0.4 is 15.2 Å². The highest BCUT2D eigenvalue weighted by Crippen LogP contribution is 2.76. The first-order valence-corrected chi connectivity index (χ1v) is 13.7. The number of phenols is 2. The number of aromatic hydroxyl groups is 2. The standard InChI is InChI=1S/C28H30N2O7S/c1-30-9-8-27-19-13-4-5-16(35-2)23(19)37-25(27)28(36-3)7-6-26(27,18(30)10-13)20-15(31)11-17(22(32)21(20)28)38-12-14(29)24(33)34/h4-7,11,14,18,25,31-32H,8-10,12,29H2,1-3H3,(H,33,34)/t14-,18?,25-,26+,27+,28-/m1/s1. The van der Waals surface area contributed by atoms with E-state index in [1.165, 1.54) is 5.56 Å². The van der Waals surface area contributed by atoms with Gasteiger partial charge in [0.05, 0.1) is 17.4 Å². The van der Waals surface area contributed by atoms with Gasteiger partial charge in [0.1, 0.15) is 23.6 Å². The van der Waals surface area contributed by atoms with Crippen molar-refractivity contribution < 1.29 is 34.3 Å². The van der Waals surface area contributed by atoms with Crippen LogP contribution in [0.1, 0.15) is 28.7 Å². The minimum atomic E-state index is -1.19. The Hall–Kier alpha value is -2.92. The fourth-order valence-corrected chi connectivity index (χ4v) is 9.21. The molecule has 38 heavy (non-hydrogen) atoms. The number of piperidine rings is 1. The zero-order valence-corrected chi connectivity index (χ0v) is 22.2. The summed E-state index contributed by atoms with van der Waals surface area (Å²) in [7, 11) is 5.34. The molecule has 2 heterocycles. The first kappa shape index (κ1) is 24.1. The molecule has 2 spiro atoms. The Kier molecular flexibility index (Phi) is 4.82. The number of phenolic OH excluding ortho intramolecular Hbond substituents is 2. The second kappa shape index (κ2) is 7.59. The van der Waals surface area contributed by atoms with Crippen LogP contribution in [0.5, 0.6) is 23.0 Å². The number of likely N-dealkylation sites (tertiary alicyclic amines) is 1. The van der Waals surface area contributed by atoms with Gasteiger partial charge >= 0.3 is 5.97 Å². The monoisotopic (exact) mass is 538 g/mol. The van der Waals surface area contributed by atoms with Crippen LogP contribution in [0.25, 0.3) is 0 Å². The van der Waals surface area contributed by atoms with Crippen molar-refractivity contribution in [2.75, 3.05) is 33.6 Å². The van der Waals surface area contributed by atoms with Crippen molar-refractivity contribution in [1.29, 1.82) is 0 Å². The molecule has 1 fully saturated rings. The van der Waals surface area contributed by atoms with Crippen LogP contribution in [0.4, 0.5) is 0 Å². The largest absolute Gasteiger partial charge is 0.508 e. The van der Waals surface area contributed by atoms with Gasteiger partial charge in [0.25, 0.3) is 0 Å². The topological polar surface area (TPSA) is 135 Å². The molecule has 9 nitrogen and oxygen atoms in total. The zero-order chi connectivity index (χ0) is 26.8. The third-order valence-electron chi connectivity index (χ3n) is 9.73. The lowest BCUT2D eigenvalue weighted by molar-refractivity contribution is -0.146. The first-order chi connectivity index (χ1) is 18.2. The van der Waals surface area contributed by atoms with Crippen LogP contribution in [0.15, 0.2) is 35.2 Å². The molecule has 200 valence electrons. The van der Waals surface area contributed by atoms with Gasteiger partial charge in [-0.15, -0.1) is 11.8 Å². The van der Waals surface area contributed by atoms with Gasteiger partial charge in [0, 0.05) is 41.0 Å². The number of carboxylic acids is 1. The number of nitrogens with two attached hydrogens (primary N) is 1. The number of aliphatic carboxylic acids is 1. The number of likely N-dealkylation sites (N-methyl/N-ethyl adjacent to an activating group) is 1. The summed E-state index contributed by atoms with van der Waals surface area (Å²) in [5, 5.41) is 32.8. The highest BCUT2D eigenvalue weighted by atomic mass is 32.2. The summed E-state index contributed by atoms with van der Waals surface area (Å²) < 4.78 is 18.9. The van der Waals surface area contributed by atoms with Crippen LogP contribution in [-0.2, 0) is 32.4 Å². The van der Waals surface area contributed by atoms with Crippen LogP contribution in [0.3, 0.4) is 0 Å². The molecule has 5 N–H and O–H groups in total. The fourth-order valence-electron chi connectivity index (χ4n) is 8.27. The molecule has 4 bridgehead atoms. The molecule has 0 aromatic heterocycles. The predicted octanol–water partition coefficient (Wildman–Crippen LogP) is 2.23. The van der Waals surface area contributed by atoms with Gasteiger partial charge in [-0.1, -0.05) is 12.1 Å². The average molecular weight is 539 g/mol. The maximum atomic E-state index is 11.8. The molecule has 1 unspecified atom stereocenters. The summed E-state index contributed by atoms with van der Waals surface area (Å²) in [6.07, 6.45) is 5.18. The molecule has 6 aliphatic rings. The summed E-state index contributed by atoms with van der Waals surface area (Å²) in [5.41, 5.74) is 6.78. The third-order valence-corrected chi connectivity index (χ3v) is 10.9. The van der Waals surface area contributed by atoms with E-state index in [9.17, 15) is 20.1 Å². The van der Waals surface area contributed by atoms with Gasteiger partial charge in [0.15, 0.2) is 17.1 Å². The van der Waals surface area contributed by atoms with Crippen LogP contribution >= 0.6 is 11.8 Å². The number of hydrogen-bond acceptors (Lipinski definition) is 9. The van der Waals surface area contributed by atoms with E-state index in [4.69, 9.17) is 19.9 Å². The van der Waals surface area contributed by atoms with Gasteiger partial charge in [-0.2, -0.15) is 0 Å². The molecule has 2 aromatic carbocycles. The highest BCUT2D eigenvalue weighted by molar-refractivity contribution is 7.99. The molecule has 0 amide bonds. The molecule has 0 radical (unpaired) electrons. The van der Waals surface area contributed by atoms with Crippen LogP contribution in [-0.4, -0.2) is 77.9 Å². The quantitative estimate of drug-likeness (QED) is 0.246. The third kappa shape index (κ3) is 2.44. The lowest BCUT2D eigenvalue weighted by Gasteiger charge is -2.69. The van der Waals surface area contributed by atoms with Gasteiger partial charge in [-0.25, -0.2) is 0 Å². The number of carbonyl (C=O) groups is 1. The SMILES string of the molecule is COc1ccc2c3c1O[C@@H]1[C@]34CCN(C)C(C2)[C@]42C=C[C@@]1(OC)c1c(O)c(SC[C@@H](N)C(=O)O)cc(O)c12. The second-order valence-corrected chi connectivity index (χ2v) is 12.1. The Morgan fingerprint density at radius 2 is 2.05 bits per heavy atom. The van der Waals surface area contributed by atoms with Crippen molar-refractivity contribution in [1.82, 2.24) is 4.90 Å². The van der Waals surface area contributed by atoms with E-state index in [-0.39, 0.29) is 23.3 Å². The number of ether oxygens (including phenoxy) is 3. The van der Waals surface area contributed by atoms with E-state index in [0.29, 0.717) is 27.5 Å². The molecular formula is C28H30N2O7S. The normalized spacial score (nSPS) is 33.9. The smallest absolute Gasteiger partial charge is 0.321 e. The van der Waals surface area contributed by atoms with Crippen LogP contribution in [0.2, 0.25) is 0 Å². The highest BCUT2D eigenvalue weighted by Gasteiger charge is 2.79. The van der Waals surface area contributed by atoms with E-state index < -0.39 is 34.5 Å². The Morgan fingerprint density at radius 1 is 1.26 bits per heavy atom. The van der Waals surface area contributed by atoms with Crippen molar-refractivity contribution in [3.63, 3.8) is 0 Å². The molecule has 10 heteroatoms. The Balaban J connectivity index is 1.54. The Labute approximate surface area is 224 Å². The Bertz CT molecular complexity index is 1450. The lowest BCUT2D eigenvalue weighted by atomic mass is 9.37. The number of rotatable bonds is 6. The van der Waals surface area contributed by atoms with E-state index in [0.717, 1.165) is 36.7 Å². The number of carboxylic acid groups (broad SMARTS) is 1. The van der Waals surface area contributed by atoms with Crippen molar-refractivity contribution in [2.24, 2.45) is 5.73 Å². The van der Waals surface area contributed by atoms with E-state index >= 15 is 0 Å².